The minimum absolute atomic E-state index is 0.101. The summed E-state index contributed by atoms with van der Waals surface area (Å²) in [6, 6.07) is 17.0. The number of carbonyl (C=O) groups excluding carboxylic acids is 1. The zero-order valence-electron chi connectivity index (χ0n) is 18.9. The van der Waals surface area contributed by atoms with Crippen molar-refractivity contribution in [2.24, 2.45) is 11.8 Å². The van der Waals surface area contributed by atoms with Gasteiger partial charge in [-0.05, 0) is 48.6 Å². The van der Waals surface area contributed by atoms with E-state index in [1.807, 2.05) is 60.7 Å². The van der Waals surface area contributed by atoms with Crippen LogP contribution in [0.1, 0.15) is 55.4 Å². The Bertz CT molecular complexity index is 853. The number of hydrogen-bond donors (Lipinski definition) is 4. The normalized spacial score (nSPS) is 24.5. The topological polar surface area (TPSA) is 81.6 Å². The standard InChI is InChI=1S/C26H34F2N2O3/c1-29-24(33)16-21-19(12-14-22(31)17-8-4-2-5-9-17)20(25(30-21)26(27)28)13-15-23(32)18-10-6-3-7-11-18/h2-11,19-23,25-26,30-32H,12-16H2,1H3,(H,29,33)/t19-,20-,21-,22?,23?,25+/m1/s1. The highest BCUT2D eigenvalue weighted by molar-refractivity contribution is 5.76. The number of alkyl halides is 2. The van der Waals surface area contributed by atoms with Gasteiger partial charge in [-0.25, -0.2) is 8.78 Å². The molecule has 2 unspecified atom stereocenters. The van der Waals surface area contributed by atoms with Crippen LogP contribution in [0.2, 0.25) is 0 Å². The number of carbonyl (C=O) groups is 1. The fraction of sp³-hybridized carbons (Fsp3) is 0.500. The molecule has 0 aliphatic carbocycles. The van der Waals surface area contributed by atoms with E-state index in [0.717, 1.165) is 11.1 Å². The molecule has 7 heteroatoms. The molecule has 0 saturated carbocycles. The number of aliphatic hydroxyl groups excluding tert-OH is 2. The van der Waals surface area contributed by atoms with Crippen molar-refractivity contribution < 1.29 is 23.8 Å². The summed E-state index contributed by atoms with van der Waals surface area (Å²) in [6.45, 7) is 0. The van der Waals surface area contributed by atoms with Crippen LogP contribution in [-0.2, 0) is 4.79 Å². The average Bonchev–Trinajstić information content (AvgIpc) is 3.19. The summed E-state index contributed by atoms with van der Waals surface area (Å²) in [5.74, 6) is -0.845. The lowest BCUT2D eigenvalue weighted by molar-refractivity contribution is -0.121. The summed E-state index contributed by atoms with van der Waals surface area (Å²) in [6.07, 6.45) is -2.26. The average molecular weight is 461 g/mol. The van der Waals surface area contributed by atoms with Crippen molar-refractivity contribution in [1.82, 2.24) is 10.6 Å². The largest absolute Gasteiger partial charge is 0.388 e. The Hall–Kier alpha value is -2.35. The van der Waals surface area contributed by atoms with Crippen molar-refractivity contribution in [2.75, 3.05) is 7.05 Å². The van der Waals surface area contributed by atoms with Gasteiger partial charge in [0.15, 0.2) is 0 Å². The van der Waals surface area contributed by atoms with Crippen molar-refractivity contribution in [3.8, 4) is 0 Å². The Balaban J connectivity index is 1.74. The lowest BCUT2D eigenvalue weighted by Crippen LogP contribution is -2.39. The lowest BCUT2D eigenvalue weighted by atomic mass is 9.78. The second-order valence-electron chi connectivity index (χ2n) is 8.85. The SMILES string of the molecule is CNC(=O)C[C@H]1N[C@H](C(F)F)[C@H](CCC(O)c2ccccc2)[C@H]1CCC(O)c1ccccc1. The smallest absolute Gasteiger partial charge is 0.253 e. The molecule has 1 fully saturated rings. The van der Waals surface area contributed by atoms with E-state index in [1.165, 1.54) is 7.05 Å². The fourth-order valence-electron chi connectivity index (χ4n) is 5.02. The van der Waals surface area contributed by atoms with Crippen LogP contribution in [0.25, 0.3) is 0 Å². The molecule has 180 valence electrons. The maximum atomic E-state index is 14.0. The maximum Gasteiger partial charge on any atom is 0.253 e. The molecule has 1 aliphatic heterocycles. The number of hydrogen-bond acceptors (Lipinski definition) is 4. The van der Waals surface area contributed by atoms with Gasteiger partial charge in [0.1, 0.15) is 0 Å². The first-order valence-electron chi connectivity index (χ1n) is 11.6. The molecule has 3 rings (SSSR count). The molecular weight excluding hydrogens is 426 g/mol. The van der Waals surface area contributed by atoms with Gasteiger partial charge in [-0.1, -0.05) is 60.7 Å². The summed E-state index contributed by atoms with van der Waals surface area (Å²) in [4.78, 5) is 12.1. The monoisotopic (exact) mass is 460 g/mol. The van der Waals surface area contributed by atoms with Crippen molar-refractivity contribution in [3.05, 3.63) is 71.8 Å². The molecule has 33 heavy (non-hydrogen) atoms. The molecule has 6 atom stereocenters. The van der Waals surface area contributed by atoms with Gasteiger partial charge in [0, 0.05) is 19.5 Å². The van der Waals surface area contributed by atoms with Crippen LogP contribution in [0.3, 0.4) is 0 Å². The number of benzene rings is 2. The van der Waals surface area contributed by atoms with Crippen LogP contribution < -0.4 is 10.6 Å². The first-order valence-corrected chi connectivity index (χ1v) is 11.6. The summed E-state index contributed by atoms with van der Waals surface area (Å²) < 4.78 is 28.0. The predicted octanol–water partition coefficient (Wildman–Crippen LogP) is 3.99. The molecule has 1 aliphatic rings. The van der Waals surface area contributed by atoms with Gasteiger partial charge in [-0.3, -0.25) is 4.79 Å². The Morgan fingerprint density at radius 1 is 0.909 bits per heavy atom. The molecule has 0 radical (unpaired) electrons. The zero-order chi connectivity index (χ0) is 23.8. The molecule has 1 amide bonds. The van der Waals surface area contributed by atoms with Gasteiger partial charge in [0.25, 0.3) is 6.43 Å². The Labute approximate surface area is 194 Å². The van der Waals surface area contributed by atoms with Gasteiger partial charge in [0.2, 0.25) is 5.91 Å². The van der Waals surface area contributed by atoms with E-state index in [-0.39, 0.29) is 18.2 Å². The Morgan fingerprint density at radius 3 is 1.85 bits per heavy atom. The fourth-order valence-corrected chi connectivity index (χ4v) is 5.02. The molecule has 5 nitrogen and oxygen atoms in total. The van der Waals surface area contributed by atoms with Crippen molar-refractivity contribution in [1.29, 1.82) is 0 Å². The highest BCUT2D eigenvalue weighted by Gasteiger charge is 2.46. The summed E-state index contributed by atoms with van der Waals surface area (Å²) >= 11 is 0. The third kappa shape index (κ3) is 6.82. The van der Waals surface area contributed by atoms with Crippen LogP contribution in [0.15, 0.2) is 60.7 Å². The second kappa shape index (κ2) is 12.2. The third-order valence-electron chi connectivity index (χ3n) is 6.81. The highest BCUT2D eigenvalue weighted by Crippen LogP contribution is 2.40. The summed E-state index contributed by atoms with van der Waals surface area (Å²) in [5.41, 5.74) is 1.54. The van der Waals surface area contributed by atoms with E-state index in [1.54, 1.807) is 0 Å². The predicted molar refractivity (Wildman–Crippen MR) is 124 cm³/mol. The first-order chi connectivity index (χ1) is 15.9. The molecule has 1 heterocycles. The van der Waals surface area contributed by atoms with Crippen molar-refractivity contribution in [2.45, 2.75) is 62.8 Å². The van der Waals surface area contributed by atoms with E-state index in [4.69, 9.17) is 0 Å². The van der Waals surface area contributed by atoms with E-state index in [0.29, 0.717) is 25.7 Å². The van der Waals surface area contributed by atoms with E-state index >= 15 is 0 Å². The number of nitrogens with one attached hydrogen (secondary N) is 2. The molecule has 1 saturated heterocycles. The molecule has 4 N–H and O–H groups in total. The highest BCUT2D eigenvalue weighted by atomic mass is 19.3. The molecule has 0 spiro atoms. The molecular formula is C26H34F2N2O3. The van der Waals surface area contributed by atoms with Crippen LogP contribution in [0.4, 0.5) is 8.78 Å². The lowest BCUT2D eigenvalue weighted by Gasteiger charge is -2.27. The third-order valence-corrected chi connectivity index (χ3v) is 6.81. The molecule has 0 bridgehead atoms. The van der Waals surface area contributed by atoms with Crippen LogP contribution >= 0.6 is 0 Å². The Kier molecular flexibility index (Phi) is 9.35. The van der Waals surface area contributed by atoms with Crippen LogP contribution in [0, 0.1) is 11.8 Å². The molecule has 2 aromatic carbocycles. The van der Waals surface area contributed by atoms with E-state index in [9.17, 15) is 23.8 Å². The minimum Gasteiger partial charge on any atom is -0.388 e. The number of amides is 1. The molecule has 0 aromatic heterocycles. The van der Waals surface area contributed by atoms with Crippen LogP contribution in [-0.4, -0.2) is 41.7 Å². The zero-order valence-corrected chi connectivity index (χ0v) is 18.9. The summed E-state index contributed by atoms with van der Waals surface area (Å²) in [7, 11) is 1.53. The first kappa shape index (κ1) is 25.3. The number of rotatable bonds is 11. The van der Waals surface area contributed by atoms with Gasteiger partial charge < -0.3 is 20.8 Å². The van der Waals surface area contributed by atoms with Gasteiger partial charge in [-0.2, -0.15) is 0 Å². The molecule has 2 aromatic rings. The van der Waals surface area contributed by atoms with Crippen molar-refractivity contribution in [3.63, 3.8) is 0 Å². The van der Waals surface area contributed by atoms with Crippen LogP contribution in [0.5, 0.6) is 0 Å². The van der Waals surface area contributed by atoms with Gasteiger partial charge in [0.05, 0.1) is 18.2 Å². The summed E-state index contributed by atoms with van der Waals surface area (Å²) in [5, 5.41) is 26.8. The van der Waals surface area contributed by atoms with E-state index < -0.39 is 36.6 Å². The van der Waals surface area contributed by atoms with Crippen molar-refractivity contribution >= 4 is 5.91 Å². The number of aliphatic hydroxyl groups is 2. The van der Waals surface area contributed by atoms with Gasteiger partial charge >= 0.3 is 0 Å². The number of halogens is 2. The maximum absolute atomic E-state index is 14.0. The van der Waals surface area contributed by atoms with Gasteiger partial charge in [-0.15, -0.1) is 0 Å². The second-order valence-corrected chi connectivity index (χ2v) is 8.85. The van der Waals surface area contributed by atoms with E-state index in [2.05, 4.69) is 10.6 Å². The Morgan fingerprint density at radius 2 is 1.39 bits per heavy atom. The minimum atomic E-state index is -2.58. The quantitative estimate of drug-likeness (QED) is 0.409.